The zero-order valence-electron chi connectivity index (χ0n) is 20.0. The molecule has 3 heterocycles. The highest BCUT2D eigenvalue weighted by Crippen LogP contribution is 2.43. The van der Waals surface area contributed by atoms with Crippen molar-refractivity contribution in [3.63, 3.8) is 0 Å². The van der Waals surface area contributed by atoms with E-state index in [4.69, 9.17) is 21.4 Å². The monoisotopic (exact) mass is 498 g/mol. The number of nitrogens with one attached hydrogen (secondary N) is 2. The average molecular weight is 499 g/mol. The van der Waals surface area contributed by atoms with Crippen LogP contribution in [0.15, 0.2) is 89.5 Å². The topological polar surface area (TPSA) is 79.6 Å². The number of nitrogens with zero attached hydrogens (tertiary/aromatic N) is 2. The van der Waals surface area contributed by atoms with Gasteiger partial charge in [-0.2, -0.15) is 0 Å². The number of rotatable bonds is 7. The first kappa shape index (κ1) is 23.6. The highest BCUT2D eigenvalue weighted by molar-refractivity contribution is 7.80. The van der Waals surface area contributed by atoms with E-state index in [-0.39, 0.29) is 18.0 Å². The highest BCUT2D eigenvalue weighted by atomic mass is 32.1. The average Bonchev–Trinajstić information content (AvgIpc) is 3.50. The molecule has 0 unspecified atom stereocenters. The maximum Gasteiger partial charge on any atom is 0.221 e. The van der Waals surface area contributed by atoms with Gasteiger partial charge in [0.25, 0.3) is 0 Å². The van der Waals surface area contributed by atoms with Gasteiger partial charge in [-0.15, -0.1) is 0 Å². The molecule has 8 heteroatoms. The van der Waals surface area contributed by atoms with Crippen molar-refractivity contribution in [1.29, 1.82) is 0 Å². The van der Waals surface area contributed by atoms with Crippen molar-refractivity contribution in [2.45, 2.75) is 25.9 Å². The third-order valence-electron chi connectivity index (χ3n) is 5.93. The molecule has 2 atom stereocenters. The van der Waals surface area contributed by atoms with Crippen molar-refractivity contribution in [1.82, 2.24) is 10.3 Å². The van der Waals surface area contributed by atoms with E-state index in [1.54, 1.807) is 6.20 Å². The molecule has 0 radical (unpaired) electrons. The number of ether oxygens (including phenoxy) is 1. The van der Waals surface area contributed by atoms with Gasteiger partial charge in [-0.25, -0.2) is 0 Å². The second kappa shape index (κ2) is 10.2. The van der Waals surface area contributed by atoms with Gasteiger partial charge in [-0.3, -0.25) is 9.78 Å². The van der Waals surface area contributed by atoms with E-state index >= 15 is 0 Å². The maximum absolute atomic E-state index is 11.4. The van der Waals surface area contributed by atoms with Gasteiger partial charge in [-0.1, -0.05) is 6.07 Å². The first-order valence-electron chi connectivity index (χ1n) is 11.7. The van der Waals surface area contributed by atoms with Gasteiger partial charge in [0.15, 0.2) is 5.11 Å². The molecule has 5 rings (SSSR count). The SMILES string of the molecule is CCOc1ccc(-c2ccc([C@@H]3[C@@H](c4ccccn4)NC(=S)N3c3ccc(NC(C)=O)cc3)o2)cc1. The summed E-state index contributed by atoms with van der Waals surface area (Å²) in [6.45, 7) is 4.07. The molecule has 2 aromatic heterocycles. The number of hydrogen-bond donors (Lipinski definition) is 2. The molecule has 4 aromatic rings. The Hall–Kier alpha value is -4.17. The summed E-state index contributed by atoms with van der Waals surface area (Å²) in [6.07, 6.45) is 1.77. The summed E-state index contributed by atoms with van der Waals surface area (Å²) in [5, 5.41) is 6.81. The minimum Gasteiger partial charge on any atom is -0.494 e. The van der Waals surface area contributed by atoms with Gasteiger partial charge >= 0.3 is 0 Å². The van der Waals surface area contributed by atoms with E-state index in [9.17, 15) is 4.79 Å². The molecule has 182 valence electrons. The van der Waals surface area contributed by atoms with Crippen LogP contribution in [0.3, 0.4) is 0 Å². The Morgan fingerprint density at radius 2 is 1.86 bits per heavy atom. The Bertz CT molecular complexity index is 1350. The summed E-state index contributed by atoms with van der Waals surface area (Å²) in [5.41, 5.74) is 3.42. The molecule has 1 amide bonds. The minimum atomic E-state index is -0.268. The molecular formula is C28H26N4O3S. The van der Waals surface area contributed by atoms with Crippen LogP contribution in [0.25, 0.3) is 11.3 Å². The Kier molecular flexibility index (Phi) is 6.69. The van der Waals surface area contributed by atoms with E-state index in [0.29, 0.717) is 11.7 Å². The maximum atomic E-state index is 11.4. The van der Waals surface area contributed by atoms with Gasteiger partial charge in [0.2, 0.25) is 5.91 Å². The van der Waals surface area contributed by atoms with Gasteiger partial charge in [0.1, 0.15) is 23.3 Å². The largest absolute Gasteiger partial charge is 0.494 e. The molecule has 2 N–H and O–H groups in total. The van der Waals surface area contributed by atoms with Crippen LogP contribution in [-0.4, -0.2) is 22.6 Å². The van der Waals surface area contributed by atoms with E-state index in [1.807, 2.05) is 90.7 Å². The number of amides is 1. The molecule has 1 saturated heterocycles. The Morgan fingerprint density at radius 3 is 2.53 bits per heavy atom. The predicted molar refractivity (Wildman–Crippen MR) is 144 cm³/mol. The van der Waals surface area contributed by atoms with Crippen molar-refractivity contribution in [2.75, 3.05) is 16.8 Å². The lowest BCUT2D eigenvalue weighted by Crippen LogP contribution is -2.29. The lowest BCUT2D eigenvalue weighted by atomic mass is 10.0. The van der Waals surface area contributed by atoms with Crippen LogP contribution in [0.4, 0.5) is 11.4 Å². The molecular weight excluding hydrogens is 472 g/mol. The van der Waals surface area contributed by atoms with E-state index < -0.39 is 0 Å². The zero-order chi connectivity index (χ0) is 25.1. The van der Waals surface area contributed by atoms with E-state index in [2.05, 4.69) is 15.6 Å². The number of aromatic nitrogens is 1. The van der Waals surface area contributed by atoms with E-state index in [1.165, 1.54) is 6.92 Å². The molecule has 1 aliphatic heterocycles. The molecule has 0 aliphatic carbocycles. The molecule has 1 aliphatic rings. The van der Waals surface area contributed by atoms with Gasteiger partial charge in [0, 0.05) is 30.1 Å². The third-order valence-corrected chi connectivity index (χ3v) is 6.25. The fraction of sp³-hybridized carbons (Fsp3) is 0.179. The van der Waals surface area contributed by atoms with Crippen molar-refractivity contribution in [3.8, 4) is 17.1 Å². The number of furan rings is 1. The summed E-state index contributed by atoms with van der Waals surface area (Å²) >= 11 is 5.78. The third kappa shape index (κ3) is 4.81. The van der Waals surface area contributed by atoms with Crippen LogP contribution in [0, 0.1) is 0 Å². The molecule has 0 spiro atoms. The van der Waals surface area contributed by atoms with Crippen LogP contribution in [0.1, 0.15) is 37.4 Å². The second-order valence-corrected chi connectivity index (χ2v) is 8.77. The summed E-state index contributed by atoms with van der Waals surface area (Å²) in [4.78, 5) is 18.1. The van der Waals surface area contributed by atoms with Crippen LogP contribution in [-0.2, 0) is 4.79 Å². The highest BCUT2D eigenvalue weighted by Gasteiger charge is 2.42. The lowest BCUT2D eigenvalue weighted by molar-refractivity contribution is -0.114. The van der Waals surface area contributed by atoms with Crippen molar-refractivity contribution in [2.24, 2.45) is 0 Å². The molecule has 0 bridgehead atoms. The first-order valence-corrected chi connectivity index (χ1v) is 12.2. The second-order valence-electron chi connectivity index (χ2n) is 8.38. The van der Waals surface area contributed by atoms with Crippen LogP contribution in [0.2, 0.25) is 0 Å². The molecule has 0 saturated carbocycles. The number of benzene rings is 2. The summed E-state index contributed by atoms with van der Waals surface area (Å²) < 4.78 is 12.0. The smallest absolute Gasteiger partial charge is 0.221 e. The molecule has 36 heavy (non-hydrogen) atoms. The first-order chi connectivity index (χ1) is 17.5. The fourth-order valence-corrected chi connectivity index (χ4v) is 4.73. The van der Waals surface area contributed by atoms with Crippen molar-refractivity contribution >= 4 is 34.6 Å². The number of anilines is 2. The predicted octanol–water partition coefficient (Wildman–Crippen LogP) is 5.88. The molecule has 2 aromatic carbocycles. The summed E-state index contributed by atoms with van der Waals surface area (Å²) in [6, 6.07) is 24.7. The van der Waals surface area contributed by atoms with Crippen molar-refractivity contribution in [3.05, 3.63) is 96.5 Å². The quantitative estimate of drug-likeness (QED) is 0.308. The Balaban J connectivity index is 1.51. The van der Waals surface area contributed by atoms with Crippen LogP contribution in [0.5, 0.6) is 5.75 Å². The zero-order valence-corrected chi connectivity index (χ0v) is 20.8. The number of carbonyl (C=O) groups excluding carboxylic acids is 1. The van der Waals surface area contributed by atoms with Crippen LogP contribution >= 0.6 is 12.2 Å². The fourth-order valence-electron chi connectivity index (χ4n) is 4.38. The molecule has 1 fully saturated rings. The number of hydrogen-bond acceptors (Lipinski definition) is 5. The molecule has 7 nitrogen and oxygen atoms in total. The van der Waals surface area contributed by atoms with Gasteiger partial charge in [0.05, 0.1) is 18.3 Å². The van der Waals surface area contributed by atoms with Gasteiger partial charge < -0.3 is 24.7 Å². The van der Waals surface area contributed by atoms with Crippen LogP contribution < -0.4 is 20.3 Å². The number of pyridine rings is 1. The van der Waals surface area contributed by atoms with Gasteiger partial charge in [-0.05, 0) is 91.9 Å². The minimum absolute atomic E-state index is 0.119. The summed E-state index contributed by atoms with van der Waals surface area (Å²) in [5.74, 6) is 2.22. The lowest BCUT2D eigenvalue weighted by Gasteiger charge is -2.26. The Morgan fingerprint density at radius 1 is 1.08 bits per heavy atom. The summed E-state index contributed by atoms with van der Waals surface area (Å²) in [7, 11) is 0. The normalized spacial score (nSPS) is 17.1. The standard InChI is InChI=1S/C28H26N4O3S/c1-3-34-22-13-7-19(8-14-22)24-15-16-25(35-24)27-26(23-6-4-5-17-29-23)31-28(36)32(27)21-11-9-20(10-12-21)30-18(2)33/h4-17,26-27H,3H2,1-2H3,(H,30,33)(H,31,36)/t26-,27-/m1/s1. The van der Waals surface area contributed by atoms with Crippen molar-refractivity contribution < 1.29 is 13.9 Å². The van der Waals surface area contributed by atoms with E-state index in [0.717, 1.165) is 39.9 Å². The number of carbonyl (C=O) groups is 1. The number of thiocarbonyl (C=S) groups is 1. The Labute approximate surface area is 215 Å².